The lowest BCUT2D eigenvalue weighted by molar-refractivity contribution is 0.414. The van der Waals surface area contributed by atoms with E-state index in [2.05, 4.69) is 6.07 Å². The van der Waals surface area contributed by atoms with Gasteiger partial charge in [-0.05, 0) is 30.7 Å². The Bertz CT molecular complexity index is 339. The van der Waals surface area contributed by atoms with Gasteiger partial charge < -0.3 is 10.5 Å². The van der Waals surface area contributed by atoms with Crippen LogP contribution in [0.25, 0.3) is 0 Å². The van der Waals surface area contributed by atoms with Crippen LogP contribution in [0.2, 0.25) is 0 Å². The Morgan fingerprint density at radius 3 is 2.62 bits per heavy atom. The summed E-state index contributed by atoms with van der Waals surface area (Å²) in [6.07, 6.45) is 0. The van der Waals surface area contributed by atoms with Crippen molar-refractivity contribution in [2.24, 2.45) is 5.73 Å². The molecule has 68 valence electrons. The highest BCUT2D eigenvalue weighted by atomic mass is 16.5. The smallest absolute Gasteiger partial charge is 0.120 e. The molecule has 1 unspecified atom stereocenters. The first-order chi connectivity index (χ1) is 6.17. The van der Waals surface area contributed by atoms with Gasteiger partial charge >= 0.3 is 0 Å². The summed E-state index contributed by atoms with van der Waals surface area (Å²) < 4.78 is 5.04. The molecular weight excluding hydrogens is 164 g/mol. The minimum Gasteiger partial charge on any atom is -0.497 e. The van der Waals surface area contributed by atoms with Gasteiger partial charge in [-0.15, -0.1) is 0 Å². The number of nitrogens with zero attached hydrogens (tertiary/aromatic N) is 1. The number of hydrogen-bond donors (Lipinski definition) is 1. The average Bonchev–Trinajstić information content (AvgIpc) is 2.16. The standard InChI is InChI=1S/C10H12N2O/c1-7(12)9-3-8(6-11)4-10(5-9)13-2/h3-5,7H,12H2,1-2H3. The number of rotatable bonds is 2. The third kappa shape index (κ3) is 2.20. The summed E-state index contributed by atoms with van der Waals surface area (Å²) in [4.78, 5) is 0. The first kappa shape index (κ1) is 9.56. The Kier molecular flexibility index (Phi) is 2.88. The second-order valence-electron chi connectivity index (χ2n) is 2.90. The van der Waals surface area contributed by atoms with Crippen molar-refractivity contribution in [1.29, 1.82) is 5.26 Å². The topological polar surface area (TPSA) is 59.0 Å². The quantitative estimate of drug-likeness (QED) is 0.744. The average molecular weight is 176 g/mol. The lowest BCUT2D eigenvalue weighted by Gasteiger charge is -2.08. The molecule has 0 aliphatic rings. The van der Waals surface area contributed by atoms with Gasteiger partial charge in [-0.25, -0.2) is 0 Å². The second kappa shape index (κ2) is 3.92. The number of ether oxygens (including phenoxy) is 1. The maximum absolute atomic E-state index is 8.72. The zero-order valence-electron chi connectivity index (χ0n) is 7.74. The van der Waals surface area contributed by atoms with Crippen LogP contribution in [0.3, 0.4) is 0 Å². The van der Waals surface area contributed by atoms with E-state index in [1.54, 1.807) is 19.2 Å². The summed E-state index contributed by atoms with van der Waals surface area (Å²) in [6, 6.07) is 7.28. The Labute approximate surface area is 77.7 Å². The summed E-state index contributed by atoms with van der Waals surface area (Å²) in [7, 11) is 1.57. The molecule has 0 amide bonds. The molecule has 0 saturated carbocycles. The molecule has 1 aromatic rings. The van der Waals surface area contributed by atoms with Crippen LogP contribution in [-0.2, 0) is 0 Å². The van der Waals surface area contributed by atoms with Gasteiger partial charge in [-0.1, -0.05) is 0 Å². The van der Waals surface area contributed by atoms with Gasteiger partial charge in [0.15, 0.2) is 0 Å². The van der Waals surface area contributed by atoms with E-state index in [4.69, 9.17) is 15.7 Å². The van der Waals surface area contributed by atoms with E-state index in [1.165, 1.54) is 0 Å². The molecule has 0 aromatic heterocycles. The van der Waals surface area contributed by atoms with Crippen molar-refractivity contribution in [3.05, 3.63) is 29.3 Å². The number of hydrogen-bond acceptors (Lipinski definition) is 3. The molecule has 1 atom stereocenters. The van der Waals surface area contributed by atoms with Crippen molar-refractivity contribution in [1.82, 2.24) is 0 Å². The van der Waals surface area contributed by atoms with Crippen LogP contribution in [-0.4, -0.2) is 7.11 Å². The van der Waals surface area contributed by atoms with E-state index in [-0.39, 0.29) is 6.04 Å². The van der Waals surface area contributed by atoms with Gasteiger partial charge in [0.1, 0.15) is 5.75 Å². The van der Waals surface area contributed by atoms with Crippen LogP contribution in [0, 0.1) is 11.3 Å². The molecule has 0 saturated heterocycles. The summed E-state index contributed by atoms with van der Waals surface area (Å²) in [5.74, 6) is 0.673. The fraction of sp³-hybridized carbons (Fsp3) is 0.300. The molecule has 13 heavy (non-hydrogen) atoms. The van der Waals surface area contributed by atoms with E-state index < -0.39 is 0 Å². The second-order valence-corrected chi connectivity index (χ2v) is 2.90. The Morgan fingerprint density at radius 2 is 2.15 bits per heavy atom. The predicted octanol–water partition coefficient (Wildman–Crippen LogP) is 1.59. The highest BCUT2D eigenvalue weighted by Gasteiger charge is 2.04. The number of methoxy groups -OCH3 is 1. The summed E-state index contributed by atoms with van der Waals surface area (Å²) >= 11 is 0. The van der Waals surface area contributed by atoms with Crippen LogP contribution in [0.4, 0.5) is 0 Å². The lowest BCUT2D eigenvalue weighted by Crippen LogP contribution is -2.05. The molecule has 0 aliphatic heterocycles. The molecule has 0 spiro atoms. The third-order valence-electron chi connectivity index (χ3n) is 1.82. The van der Waals surface area contributed by atoms with Crippen LogP contribution >= 0.6 is 0 Å². The van der Waals surface area contributed by atoms with E-state index in [1.807, 2.05) is 13.0 Å². The molecule has 1 aromatic carbocycles. The zero-order chi connectivity index (χ0) is 9.84. The number of benzene rings is 1. The van der Waals surface area contributed by atoms with Gasteiger partial charge in [-0.3, -0.25) is 0 Å². The van der Waals surface area contributed by atoms with Gasteiger partial charge in [0.05, 0.1) is 18.7 Å². The zero-order valence-corrected chi connectivity index (χ0v) is 7.74. The van der Waals surface area contributed by atoms with Crippen molar-refractivity contribution >= 4 is 0 Å². The molecule has 0 radical (unpaired) electrons. The summed E-state index contributed by atoms with van der Waals surface area (Å²) in [5, 5.41) is 8.72. The van der Waals surface area contributed by atoms with Crippen LogP contribution in [0.1, 0.15) is 24.1 Å². The fourth-order valence-electron chi connectivity index (χ4n) is 1.07. The minimum absolute atomic E-state index is 0.0813. The lowest BCUT2D eigenvalue weighted by atomic mass is 10.1. The van der Waals surface area contributed by atoms with Crippen LogP contribution < -0.4 is 10.5 Å². The fourth-order valence-corrected chi connectivity index (χ4v) is 1.07. The van der Waals surface area contributed by atoms with Crippen molar-refractivity contribution in [3.8, 4) is 11.8 Å². The maximum atomic E-state index is 8.72. The van der Waals surface area contributed by atoms with Crippen LogP contribution in [0.5, 0.6) is 5.75 Å². The van der Waals surface area contributed by atoms with Crippen molar-refractivity contribution < 1.29 is 4.74 Å². The van der Waals surface area contributed by atoms with E-state index in [9.17, 15) is 0 Å². The Hall–Kier alpha value is -1.53. The largest absolute Gasteiger partial charge is 0.497 e. The highest BCUT2D eigenvalue weighted by molar-refractivity contribution is 5.41. The molecule has 0 heterocycles. The molecule has 0 fully saturated rings. The SMILES string of the molecule is COc1cc(C#N)cc(C(C)N)c1. The van der Waals surface area contributed by atoms with E-state index >= 15 is 0 Å². The Balaban J connectivity index is 3.17. The normalized spacial score (nSPS) is 11.8. The van der Waals surface area contributed by atoms with Crippen molar-refractivity contribution in [2.75, 3.05) is 7.11 Å². The maximum Gasteiger partial charge on any atom is 0.120 e. The predicted molar refractivity (Wildman–Crippen MR) is 50.3 cm³/mol. The van der Waals surface area contributed by atoms with Gasteiger partial charge in [-0.2, -0.15) is 5.26 Å². The summed E-state index contributed by atoms with van der Waals surface area (Å²) in [6.45, 7) is 1.87. The molecule has 0 aliphatic carbocycles. The van der Waals surface area contributed by atoms with Gasteiger partial charge in [0, 0.05) is 6.04 Å². The van der Waals surface area contributed by atoms with Crippen molar-refractivity contribution in [2.45, 2.75) is 13.0 Å². The first-order valence-corrected chi connectivity index (χ1v) is 4.02. The van der Waals surface area contributed by atoms with E-state index in [0.717, 1.165) is 5.56 Å². The van der Waals surface area contributed by atoms with Gasteiger partial charge in [0.2, 0.25) is 0 Å². The Morgan fingerprint density at radius 1 is 1.46 bits per heavy atom. The minimum atomic E-state index is -0.0813. The molecule has 2 N–H and O–H groups in total. The molecular formula is C10H12N2O. The first-order valence-electron chi connectivity index (χ1n) is 4.02. The van der Waals surface area contributed by atoms with Crippen LogP contribution in [0.15, 0.2) is 18.2 Å². The molecule has 3 heteroatoms. The molecule has 1 rings (SSSR count). The summed E-state index contributed by atoms with van der Waals surface area (Å²) in [5.41, 5.74) is 7.18. The monoisotopic (exact) mass is 176 g/mol. The van der Waals surface area contributed by atoms with Gasteiger partial charge in [0.25, 0.3) is 0 Å². The van der Waals surface area contributed by atoms with Crippen molar-refractivity contribution in [3.63, 3.8) is 0 Å². The van der Waals surface area contributed by atoms with E-state index in [0.29, 0.717) is 11.3 Å². The molecule has 0 bridgehead atoms. The number of nitrogens with two attached hydrogens (primary N) is 1. The molecule has 3 nitrogen and oxygen atoms in total. The third-order valence-corrected chi connectivity index (χ3v) is 1.82. The highest BCUT2D eigenvalue weighted by Crippen LogP contribution is 2.20. The number of nitriles is 1.